The van der Waals surface area contributed by atoms with E-state index in [9.17, 15) is 4.79 Å². The number of benzene rings is 2. The lowest BCUT2D eigenvalue weighted by Gasteiger charge is -2.13. The van der Waals surface area contributed by atoms with Crippen molar-refractivity contribution in [2.24, 2.45) is 0 Å². The fourth-order valence-corrected chi connectivity index (χ4v) is 2.15. The minimum atomic E-state index is -0.157. The summed E-state index contributed by atoms with van der Waals surface area (Å²) in [7, 11) is 0. The lowest BCUT2D eigenvalue weighted by atomic mass is 10.0. The molecule has 0 amide bonds. The summed E-state index contributed by atoms with van der Waals surface area (Å²) in [4.78, 5) is 12.6. The fourth-order valence-electron chi connectivity index (χ4n) is 1.91. The number of ketones is 1. The molecule has 0 aliphatic rings. The van der Waals surface area contributed by atoms with Crippen LogP contribution in [0.3, 0.4) is 0 Å². The standard InChI is InChI=1S/C16H16ClNO2/c1-10(2)20-15-6-4-3-5-14(15)16(19)11-7-12(17)9-13(18)8-11/h3-10H,18H2,1-2H3. The molecule has 0 aliphatic heterocycles. The number of nitrogens with two attached hydrogens (primary N) is 1. The molecule has 0 radical (unpaired) electrons. The third-order valence-corrected chi connectivity index (χ3v) is 2.89. The summed E-state index contributed by atoms with van der Waals surface area (Å²) >= 11 is 5.94. The molecule has 0 aromatic heterocycles. The number of nitrogen functional groups attached to an aromatic ring is 1. The molecule has 2 rings (SSSR count). The first kappa shape index (κ1) is 14.4. The Bertz CT molecular complexity index is 618. The summed E-state index contributed by atoms with van der Waals surface area (Å²) in [5.74, 6) is 0.404. The summed E-state index contributed by atoms with van der Waals surface area (Å²) in [6, 6.07) is 12.0. The molecule has 0 aliphatic carbocycles. The van der Waals surface area contributed by atoms with Gasteiger partial charge in [-0.15, -0.1) is 0 Å². The summed E-state index contributed by atoms with van der Waals surface area (Å²) in [5, 5.41) is 0.440. The summed E-state index contributed by atoms with van der Waals surface area (Å²) in [5.41, 5.74) is 7.14. The fraction of sp³-hybridized carbons (Fsp3) is 0.188. The molecule has 2 aromatic carbocycles. The summed E-state index contributed by atoms with van der Waals surface area (Å²) < 4.78 is 5.66. The number of hydrogen-bond donors (Lipinski definition) is 1. The van der Waals surface area contributed by atoms with Crippen molar-refractivity contribution in [2.45, 2.75) is 20.0 Å². The van der Waals surface area contributed by atoms with E-state index in [1.165, 1.54) is 0 Å². The van der Waals surface area contributed by atoms with Gasteiger partial charge in [-0.05, 0) is 44.2 Å². The normalized spacial score (nSPS) is 10.6. The molecule has 2 N–H and O–H groups in total. The van der Waals surface area contributed by atoms with E-state index in [4.69, 9.17) is 22.1 Å². The second-order valence-corrected chi connectivity index (χ2v) is 5.20. The van der Waals surface area contributed by atoms with Gasteiger partial charge in [-0.3, -0.25) is 4.79 Å². The average molecular weight is 290 g/mol. The second-order valence-electron chi connectivity index (χ2n) is 4.77. The molecule has 0 unspecified atom stereocenters. The smallest absolute Gasteiger partial charge is 0.196 e. The van der Waals surface area contributed by atoms with Crippen LogP contribution in [0.25, 0.3) is 0 Å². The first-order valence-electron chi connectivity index (χ1n) is 6.34. The van der Waals surface area contributed by atoms with Crippen molar-refractivity contribution in [3.8, 4) is 5.75 Å². The number of halogens is 1. The second kappa shape index (κ2) is 5.97. The average Bonchev–Trinajstić information content (AvgIpc) is 2.36. The number of carbonyl (C=O) groups excluding carboxylic acids is 1. The van der Waals surface area contributed by atoms with Crippen LogP contribution in [0.1, 0.15) is 29.8 Å². The van der Waals surface area contributed by atoms with Crippen LogP contribution in [0.2, 0.25) is 5.02 Å². The monoisotopic (exact) mass is 289 g/mol. The molecule has 0 heterocycles. The Hall–Kier alpha value is -2.00. The van der Waals surface area contributed by atoms with Crippen LogP contribution in [-0.2, 0) is 0 Å². The SMILES string of the molecule is CC(C)Oc1ccccc1C(=O)c1cc(N)cc(Cl)c1. The Balaban J connectivity index is 2.42. The first-order chi connectivity index (χ1) is 9.47. The Labute approximate surface area is 123 Å². The maximum atomic E-state index is 12.6. The van der Waals surface area contributed by atoms with Gasteiger partial charge >= 0.3 is 0 Å². The zero-order valence-corrected chi connectivity index (χ0v) is 12.1. The third-order valence-electron chi connectivity index (χ3n) is 2.68. The molecule has 0 spiro atoms. The highest BCUT2D eigenvalue weighted by Crippen LogP contribution is 2.25. The van der Waals surface area contributed by atoms with Gasteiger partial charge in [0.05, 0.1) is 11.7 Å². The quantitative estimate of drug-likeness (QED) is 0.685. The molecule has 4 heteroatoms. The van der Waals surface area contributed by atoms with E-state index in [1.54, 1.807) is 36.4 Å². The lowest BCUT2D eigenvalue weighted by Crippen LogP contribution is -2.10. The molecule has 0 bridgehead atoms. The van der Waals surface area contributed by atoms with Crippen LogP contribution in [0, 0.1) is 0 Å². The van der Waals surface area contributed by atoms with Gasteiger partial charge in [0, 0.05) is 16.3 Å². The van der Waals surface area contributed by atoms with Crippen LogP contribution < -0.4 is 10.5 Å². The van der Waals surface area contributed by atoms with Crippen LogP contribution in [0.4, 0.5) is 5.69 Å². The Morgan fingerprint density at radius 1 is 1.20 bits per heavy atom. The van der Waals surface area contributed by atoms with Crippen LogP contribution in [0.5, 0.6) is 5.75 Å². The molecule has 0 saturated heterocycles. The van der Waals surface area contributed by atoms with Crippen molar-refractivity contribution >= 4 is 23.1 Å². The van der Waals surface area contributed by atoms with Crippen molar-refractivity contribution in [1.82, 2.24) is 0 Å². The van der Waals surface area contributed by atoms with E-state index in [1.807, 2.05) is 19.9 Å². The number of hydrogen-bond acceptors (Lipinski definition) is 3. The molecule has 3 nitrogen and oxygen atoms in total. The summed E-state index contributed by atoms with van der Waals surface area (Å²) in [6.07, 6.45) is -0.00613. The van der Waals surface area contributed by atoms with Gasteiger partial charge in [0.1, 0.15) is 5.75 Å². The van der Waals surface area contributed by atoms with Crippen molar-refractivity contribution in [1.29, 1.82) is 0 Å². The van der Waals surface area contributed by atoms with E-state index in [2.05, 4.69) is 0 Å². The van der Waals surface area contributed by atoms with E-state index in [0.29, 0.717) is 27.6 Å². The maximum absolute atomic E-state index is 12.6. The first-order valence-corrected chi connectivity index (χ1v) is 6.71. The van der Waals surface area contributed by atoms with Crippen molar-refractivity contribution in [2.75, 3.05) is 5.73 Å². The Kier molecular flexibility index (Phi) is 4.30. The molecular weight excluding hydrogens is 274 g/mol. The Morgan fingerprint density at radius 3 is 2.55 bits per heavy atom. The molecule has 104 valence electrons. The molecule has 20 heavy (non-hydrogen) atoms. The predicted octanol–water partition coefficient (Wildman–Crippen LogP) is 3.94. The van der Waals surface area contributed by atoms with Gasteiger partial charge in [0.2, 0.25) is 0 Å². The van der Waals surface area contributed by atoms with Gasteiger partial charge in [0.25, 0.3) is 0 Å². The van der Waals surface area contributed by atoms with Gasteiger partial charge in [0.15, 0.2) is 5.78 Å². The third kappa shape index (κ3) is 3.31. The highest BCUT2D eigenvalue weighted by molar-refractivity contribution is 6.31. The van der Waals surface area contributed by atoms with Crippen LogP contribution >= 0.6 is 11.6 Å². The largest absolute Gasteiger partial charge is 0.490 e. The zero-order valence-electron chi connectivity index (χ0n) is 11.4. The van der Waals surface area contributed by atoms with Crippen LogP contribution in [0.15, 0.2) is 42.5 Å². The Morgan fingerprint density at radius 2 is 1.90 bits per heavy atom. The summed E-state index contributed by atoms with van der Waals surface area (Å²) in [6.45, 7) is 3.83. The van der Waals surface area contributed by atoms with Gasteiger partial charge < -0.3 is 10.5 Å². The minimum absolute atomic E-state index is 0.00613. The lowest BCUT2D eigenvalue weighted by molar-refractivity contribution is 0.103. The number of para-hydroxylation sites is 1. The predicted molar refractivity (Wildman–Crippen MR) is 81.5 cm³/mol. The van der Waals surface area contributed by atoms with Gasteiger partial charge in [-0.1, -0.05) is 23.7 Å². The van der Waals surface area contributed by atoms with E-state index >= 15 is 0 Å². The van der Waals surface area contributed by atoms with E-state index in [0.717, 1.165) is 0 Å². The minimum Gasteiger partial charge on any atom is -0.490 e. The van der Waals surface area contributed by atoms with Crippen molar-refractivity contribution in [3.05, 3.63) is 58.6 Å². The van der Waals surface area contributed by atoms with E-state index in [-0.39, 0.29) is 11.9 Å². The highest BCUT2D eigenvalue weighted by Gasteiger charge is 2.16. The number of rotatable bonds is 4. The number of ether oxygens (including phenoxy) is 1. The topological polar surface area (TPSA) is 52.3 Å². The number of anilines is 1. The van der Waals surface area contributed by atoms with Gasteiger partial charge in [-0.25, -0.2) is 0 Å². The molecule has 0 fully saturated rings. The van der Waals surface area contributed by atoms with Gasteiger partial charge in [-0.2, -0.15) is 0 Å². The van der Waals surface area contributed by atoms with E-state index < -0.39 is 0 Å². The van der Waals surface area contributed by atoms with Crippen LogP contribution in [-0.4, -0.2) is 11.9 Å². The molecular formula is C16H16ClNO2. The highest BCUT2D eigenvalue weighted by atomic mass is 35.5. The number of carbonyl (C=O) groups is 1. The maximum Gasteiger partial charge on any atom is 0.196 e. The zero-order chi connectivity index (χ0) is 14.7. The molecule has 2 aromatic rings. The molecule has 0 atom stereocenters. The van der Waals surface area contributed by atoms with Crippen molar-refractivity contribution in [3.63, 3.8) is 0 Å². The molecule has 0 saturated carbocycles. The van der Waals surface area contributed by atoms with Crippen molar-refractivity contribution < 1.29 is 9.53 Å².